The molecule has 0 spiro atoms. The number of halogens is 2. The topological polar surface area (TPSA) is 96.0 Å². The smallest absolute Gasteiger partial charge is 0.263 e. The Hall–Kier alpha value is -1.75. The minimum Gasteiger partial charge on any atom is -0.399 e. The van der Waals surface area contributed by atoms with Gasteiger partial charge in [-0.1, -0.05) is 11.6 Å². The molecular formula is C13H9BrClN3O2S. The van der Waals surface area contributed by atoms with Crippen LogP contribution >= 0.6 is 27.5 Å². The standard InChI is InChI=1S/C13H9BrClN3O2S/c14-10-3-2-9(17)6-12(10)18-21(19,20)13-4-1-8(7-16)5-11(13)15/h1-6,18H,17H2. The van der Waals surface area contributed by atoms with Gasteiger partial charge in [-0.05, 0) is 52.3 Å². The largest absolute Gasteiger partial charge is 0.399 e. The fourth-order valence-electron chi connectivity index (χ4n) is 1.61. The first-order valence-electron chi connectivity index (χ1n) is 5.61. The maximum absolute atomic E-state index is 12.3. The Morgan fingerprint density at radius 2 is 1.95 bits per heavy atom. The lowest BCUT2D eigenvalue weighted by molar-refractivity contribution is 0.601. The number of anilines is 2. The van der Waals surface area contributed by atoms with Gasteiger partial charge >= 0.3 is 0 Å². The van der Waals surface area contributed by atoms with Crippen LogP contribution in [0, 0.1) is 11.3 Å². The summed E-state index contributed by atoms with van der Waals surface area (Å²) in [5, 5.41) is 8.74. The molecular weight excluding hydrogens is 378 g/mol. The highest BCUT2D eigenvalue weighted by Gasteiger charge is 2.19. The number of nitrogen functional groups attached to an aromatic ring is 1. The zero-order chi connectivity index (χ0) is 15.6. The van der Waals surface area contributed by atoms with E-state index < -0.39 is 10.0 Å². The SMILES string of the molecule is N#Cc1ccc(S(=O)(=O)Nc2cc(N)ccc2Br)c(Cl)c1. The Morgan fingerprint density at radius 3 is 2.57 bits per heavy atom. The third-order valence-electron chi connectivity index (χ3n) is 2.59. The predicted octanol–water partition coefficient (Wildman–Crippen LogP) is 3.36. The quantitative estimate of drug-likeness (QED) is 0.791. The van der Waals surface area contributed by atoms with Gasteiger partial charge < -0.3 is 5.73 Å². The number of sulfonamides is 1. The Bertz CT molecular complexity index is 847. The van der Waals surface area contributed by atoms with Crippen molar-refractivity contribution in [3.8, 4) is 6.07 Å². The number of nitrogens with zero attached hydrogens (tertiary/aromatic N) is 1. The molecule has 2 rings (SSSR count). The Balaban J connectivity index is 2.44. The Morgan fingerprint density at radius 1 is 1.24 bits per heavy atom. The number of benzene rings is 2. The number of hydrogen-bond acceptors (Lipinski definition) is 4. The first kappa shape index (κ1) is 15.6. The Labute approximate surface area is 135 Å². The minimum atomic E-state index is -3.89. The summed E-state index contributed by atoms with van der Waals surface area (Å²) >= 11 is 9.16. The molecule has 0 unspecified atom stereocenters. The second-order valence-electron chi connectivity index (χ2n) is 4.10. The predicted molar refractivity (Wildman–Crippen MR) is 85.5 cm³/mol. The summed E-state index contributed by atoms with van der Waals surface area (Å²) in [4.78, 5) is -0.113. The van der Waals surface area contributed by atoms with Crippen LogP contribution in [0.25, 0.3) is 0 Å². The molecule has 0 fully saturated rings. The van der Waals surface area contributed by atoms with Gasteiger partial charge in [0.15, 0.2) is 0 Å². The molecule has 2 aromatic carbocycles. The lowest BCUT2D eigenvalue weighted by Crippen LogP contribution is -2.14. The van der Waals surface area contributed by atoms with Gasteiger partial charge in [0.05, 0.1) is 22.3 Å². The maximum Gasteiger partial charge on any atom is 0.263 e. The molecule has 0 saturated heterocycles. The van der Waals surface area contributed by atoms with Crippen molar-refractivity contribution in [2.45, 2.75) is 4.90 Å². The molecule has 0 aliphatic carbocycles. The molecule has 0 aliphatic rings. The molecule has 8 heteroatoms. The molecule has 0 amide bonds. The third-order valence-corrected chi connectivity index (χ3v) is 5.13. The van der Waals surface area contributed by atoms with Gasteiger partial charge in [0.25, 0.3) is 10.0 Å². The van der Waals surface area contributed by atoms with Crippen molar-refractivity contribution in [1.82, 2.24) is 0 Å². The highest BCUT2D eigenvalue weighted by atomic mass is 79.9. The second-order valence-corrected chi connectivity index (χ2v) is 7.01. The van der Waals surface area contributed by atoms with E-state index in [1.54, 1.807) is 12.1 Å². The molecule has 108 valence electrons. The van der Waals surface area contributed by atoms with Crippen molar-refractivity contribution >= 4 is 48.9 Å². The van der Waals surface area contributed by atoms with Crippen LogP contribution in [-0.2, 0) is 10.0 Å². The highest BCUT2D eigenvalue weighted by molar-refractivity contribution is 9.10. The van der Waals surface area contributed by atoms with Crippen LogP contribution in [0.5, 0.6) is 0 Å². The molecule has 0 atom stereocenters. The van der Waals surface area contributed by atoms with Crippen LogP contribution in [-0.4, -0.2) is 8.42 Å². The van der Waals surface area contributed by atoms with Crippen molar-refractivity contribution in [2.24, 2.45) is 0 Å². The van der Waals surface area contributed by atoms with Gasteiger partial charge in [0.1, 0.15) is 4.90 Å². The Kier molecular flexibility index (Phi) is 4.42. The first-order chi connectivity index (χ1) is 9.83. The molecule has 0 saturated carbocycles. The van der Waals surface area contributed by atoms with E-state index in [9.17, 15) is 8.42 Å². The monoisotopic (exact) mass is 385 g/mol. The second kappa shape index (κ2) is 5.93. The van der Waals surface area contributed by atoms with E-state index >= 15 is 0 Å². The van der Waals surface area contributed by atoms with Crippen molar-refractivity contribution < 1.29 is 8.42 Å². The van der Waals surface area contributed by atoms with Crippen LogP contribution in [0.2, 0.25) is 5.02 Å². The van der Waals surface area contributed by atoms with Crippen LogP contribution in [0.15, 0.2) is 45.8 Å². The van der Waals surface area contributed by atoms with Gasteiger partial charge in [0.2, 0.25) is 0 Å². The van der Waals surface area contributed by atoms with Crippen LogP contribution in [0.3, 0.4) is 0 Å². The number of nitrogens with two attached hydrogens (primary N) is 1. The molecule has 2 aromatic rings. The molecule has 0 aliphatic heterocycles. The van der Waals surface area contributed by atoms with Crippen molar-refractivity contribution in [2.75, 3.05) is 10.5 Å². The number of hydrogen-bond donors (Lipinski definition) is 2. The average Bonchev–Trinajstić information content (AvgIpc) is 2.42. The van der Waals surface area contributed by atoms with Crippen LogP contribution in [0.1, 0.15) is 5.56 Å². The van der Waals surface area contributed by atoms with E-state index in [1.807, 2.05) is 6.07 Å². The molecule has 3 N–H and O–H groups in total. The number of nitrogens with one attached hydrogen (secondary N) is 1. The molecule has 0 radical (unpaired) electrons. The van der Waals surface area contributed by atoms with Gasteiger partial charge in [-0.25, -0.2) is 8.42 Å². The van der Waals surface area contributed by atoms with Gasteiger partial charge in [-0.3, -0.25) is 4.72 Å². The van der Waals surface area contributed by atoms with Crippen molar-refractivity contribution in [3.63, 3.8) is 0 Å². The molecule has 0 heterocycles. The van der Waals surface area contributed by atoms with Gasteiger partial charge in [0, 0.05) is 10.2 Å². The van der Waals surface area contributed by atoms with E-state index in [0.29, 0.717) is 15.8 Å². The fourth-order valence-corrected chi connectivity index (χ4v) is 3.70. The molecule has 0 aromatic heterocycles. The lowest BCUT2D eigenvalue weighted by Gasteiger charge is -2.11. The molecule has 0 bridgehead atoms. The molecule has 5 nitrogen and oxygen atoms in total. The number of rotatable bonds is 3. The minimum absolute atomic E-state index is 0.0263. The number of nitriles is 1. The van der Waals surface area contributed by atoms with Gasteiger partial charge in [-0.2, -0.15) is 5.26 Å². The first-order valence-corrected chi connectivity index (χ1v) is 8.26. The van der Waals surface area contributed by atoms with E-state index in [2.05, 4.69) is 20.7 Å². The van der Waals surface area contributed by atoms with Crippen molar-refractivity contribution in [1.29, 1.82) is 5.26 Å². The zero-order valence-electron chi connectivity index (χ0n) is 10.5. The van der Waals surface area contributed by atoms with E-state index in [-0.39, 0.29) is 15.5 Å². The summed E-state index contributed by atoms with van der Waals surface area (Å²) in [7, 11) is -3.89. The lowest BCUT2D eigenvalue weighted by atomic mass is 10.2. The summed E-state index contributed by atoms with van der Waals surface area (Å²) in [5.41, 5.74) is 6.64. The summed E-state index contributed by atoms with van der Waals surface area (Å²) in [6.07, 6.45) is 0. The van der Waals surface area contributed by atoms with E-state index in [0.717, 1.165) is 0 Å². The summed E-state index contributed by atoms with van der Waals surface area (Å²) in [6.45, 7) is 0. The summed E-state index contributed by atoms with van der Waals surface area (Å²) < 4.78 is 27.6. The van der Waals surface area contributed by atoms with Crippen LogP contribution < -0.4 is 10.5 Å². The van der Waals surface area contributed by atoms with E-state index in [1.165, 1.54) is 24.3 Å². The molecule has 21 heavy (non-hydrogen) atoms. The van der Waals surface area contributed by atoms with E-state index in [4.69, 9.17) is 22.6 Å². The average molecular weight is 387 g/mol. The van der Waals surface area contributed by atoms with Crippen LogP contribution in [0.4, 0.5) is 11.4 Å². The zero-order valence-corrected chi connectivity index (χ0v) is 13.6. The van der Waals surface area contributed by atoms with Gasteiger partial charge in [-0.15, -0.1) is 0 Å². The highest BCUT2D eigenvalue weighted by Crippen LogP contribution is 2.29. The van der Waals surface area contributed by atoms with Crippen molar-refractivity contribution in [3.05, 3.63) is 51.5 Å². The summed E-state index contributed by atoms with van der Waals surface area (Å²) in [6, 6.07) is 10.6. The normalized spacial score (nSPS) is 10.9. The fraction of sp³-hybridized carbons (Fsp3) is 0. The maximum atomic E-state index is 12.3. The third kappa shape index (κ3) is 3.47. The summed E-state index contributed by atoms with van der Waals surface area (Å²) in [5.74, 6) is 0.